The molecule has 4 rings (SSSR count). The van der Waals surface area contributed by atoms with Crippen molar-refractivity contribution in [2.75, 3.05) is 5.73 Å². The molecule has 0 aliphatic rings. The van der Waals surface area contributed by atoms with Crippen LogP contribution in [0.5, 0.6) is 5.75 Å². The Hall–Kier alpha value is -4.24. The molecular formula is C23H19N5O7S2. The van der Waals surface area contributed by atoms with Crippen molar-refractivity contribution in [3.8, 4) is 5.75 Å². The molecule has 0 aliphatic heterocycles. The zero-order valence-corrected chi connectivity index (χ0v) is 20.6. The standard InChI is InChI=1S/C23H19N5O7S2/c1-13-7-9-16(10-8-13)26-28-22-18(37(33,34)35)12-14-11-17(36(30,31)32)21(20(24)19(14)23(22)29)27-25-15-5-3-2-4-6-15/h2-12,29H,24H2,1H3,(H,30,31,32)(H,33,34,35). The normalized spacial score (nSPS) is 12.6. The van der Waals surface area contributed by atoms with Gasteiger partial charge in [0.2, 0.25) is 0 Å². The third-order valence-electron chi connectivity index (χ3n) is 5.19. The van der Waals surface area contributed by atoms with E-state index < -0.39 is 52.8 Å². The fourth-order valence-electron chi connectivity index (χ4n) is 3.43. The molecule has 0 aliphatic carbocycles. The maximum Gasteiger partial charge on any atom is 0.296 e. The Morgan fingerprint density at radius 1 is 0.703 bits per heavy atom. The van der Waals surface area contributed by atoms with Gasteiger partial charge >= 0.3 is 0 Å². The van der Waals surface area contributed by atoms with Crippen molar-refractivity contribution in [1.82, 2.24) is 0 Å². The summed E-state index contributed by atoms with van der Waals surface area (Å²) in [6.45, 7) is 1.85. The van der Waals surface area contributed by atoms with Crippen LogP contribution in [-0.4, -0.2) is 31.0 Å². The van der Waals surface area contributed by atoms with E-state index in [4.69, 9.17) is 5.73 Å². The van der Waals surface area contributed by atoms with Crippen molar-refractivity contribution in [2.24, 2.45) is 20.5 Å². The molecule has 0 unspecified atom stereocenters. The van der Waals surface area contributed by atoms with Crippen molar-refractivity contribution < 1.29 is 31.0 Å². The number of aromatic hydroxyl groups is 1. The monoisotopic (exact) mass is 541 g/mol. The lowest BCUT2D eigenvalue weighted by atomic mass is 10.1. The summed E-state index contributed by atoms with van der Waals surface area (Å²) >= 11 is 0. The average molecular weight is 542 g/mol. The van der Waals surface area contributed by atoms with Crippen LogP contribution < -0.4 is 5.73 Å². The molecule has 0 saturated carbocycles. The van der Waals surface area contributed by atoms with Gasteiger partial charge < -0.3 is 10.8 Å². The predicted molar refractivity (Wildman–Crippen MR) is 136 cm³/mol. The molecule has 14 heteroatoms. The molecule has 5 N–H and O–H groups in total. The highest BCUT2D eigenvalue weighted by molar-refractivity contribution is 7.86. The van der Waals surface area contributed by atoms with Crippen molar-refractivity contribution >= 4 is 59.4 Å². The Bertz CT molecular complexity index is 1790. The molecule has 0 saturated heterocycles. The Labute approximate surface area is 211 Å². The average Bonchev–Trinajstić information content (AvgIpc) is 2.82. The van der Waals surface area contributed by atoms with E-state index in [0.29, 0.717) is 11.4 Å². The first kappa shape index (κ1) is 25.8. The second kappa shape index (κ2) is 9.67. The van der Waals surface area contributed by atoms with E-state index in [-0.39, 0.29) is 10.8 Å². The number of hydrogen-bond acceptors (Lipinski definition) is 10. The Morgan fingerprint density at radius 3 is 1.73 bits per heavy atom. The van der Waals surface area contributed by atoms with Crippen LogP contribution >= 0.6 is 0 Å². The number of aryl methyl sites for hydroxylation is 1. The second-order valence-corrected chi connectivity index (χ2v) is 10.6. The fourth-order valence-corrected chi connectivity index (χ4v) is 4.75. The topological polar surface area (TPSA) is 204 Å². The Balaban J connectivity index is 2.03. The number of nitrogens with zero attached hydrogens (tertiary/aromatic N) is 4. The molecule has 0 heterocycles. The van der Waals surface area contributed by atoms with Crippen LogP contribution in [0.4, 0.5) is 28.4 Å². The van der Waals surface area contributed by atoms with Crippen LogP contribution in [0.25, 0.3) is 10.8 Å². The minimum Gasteiger partial charge on any atom is -0.505 e. The number of rotatable bonds is 6. The SMILES string of the molecule is Cc1ccc(N=Nc2c(S(=O)(=O)O)cc3cc(S(=O)(=O)O)c(N=Nc4ccccc4)c(N)c3c2O)cc1. The van der Waals surface area contributed by atoms with Crippen LogP contribution in [0.1, 0.15) is 5.56 Å². The van der Waals surface area contributed by atoms with E-state index in [2.05, 4.69) is 20.5 Å². The Morgan fingerprint density at radius 2 is 1.19 bits per heavy atom. The second-order valence-electron chi connectivity index (χ2n) is 7.83. The quantitative estimate of drug-likeness (QED) is 0.134. The largest absolute Gasteiger partial charge is 0.505 e. The van der Waals surface area contributed by atoms with Gasteiger partial charge in [0.25, 0.3) is 20.2 Å². The lowest BCUT2D eigenvalue weighted by molar-refractivity contribution is 0.472. The van der Waals surface area contributed by atoms with E-state index in [1.807, 2.05) is 6.92 Å². The Kier molecular flexibility index (Phi) is 6.75. The number of benzene rings is 4. The van der Waals surface area contributed by atoms with E-state index in [0.717, 1.165) is 17.7 Å². The van der Waals surface area contributed by atoms with Gasteiger partial charge in [-0.2, -0.15) is 27.1 Å². The first-order valence-corrected chi connectivity index (χ1v) is 13.3. The molecule has 4 aromatic rings. The van der Waals surface area contributed by atoms with Gasteiger partial charge in [0.1, 0.15) is 21.2 Å². The lowest BCUT2D eigenvalue weighted by Gasteiger charge is -2.14. The molecule has 12 nitrogen and oxygen atoms in total. The number of azo groups is 2. The number of fused-ring (bicyclic) bond motifs is 1. The maximum absolute atomic E-state index is 12.1. The summed E-state index contributed by atoms with van der Waals surface area (Å²) in [5, 5.41) is 26.0. The molecule has 0 atom stereocenters. The lowest BCUT2D eigenvalue weighted by Crippen LogP contribution is -2.03. The third-order valence-corrected chi connectivity index (χ3v) is 6.93. The number of phenolic OH excluding ortho intramolecular Hbond substituents is 1. The highest BCUT2D eigenvalue weighted by atomic mass is 32.2. The van der Waals surface area contributed by atoms with Gasteiger partial charge in [0.05, 0.1) is 22.4 Å². The number of phenols is 1. The molecule has 37 heavy (non-hydrogen) atoms. The predicted octanol–water partition coefficient (Wildman–Crippen LogP) is 5.76. The van der Waals surface area contributed by atoms with Crippen molar-refractivity contribution in [1.29, 1.82) is 0 Å². The van der Waals surface area contributed by atoms with Crippen molar-refractivity contribution in [2.45, 2.75) is 16.7 Å². The molecule has 0 bridgehead atoms. The van der Waals surface area contributed by atoms with Gasteiger partial charge in [-0.15, -0.1) is 10.2 Å². The third kappa shape index (κ3) is 5.46. The highest BCUT2D eigenvalue weighted by Gasteiger charge is 2.27. The number of hydrogen-bond donors (Lipinski definition) is 4. The fraction of sp³-hybridized carbons (Fsp3) is 0.0435. The van der Waals surface area contributed by atoms with Crippen LogP contribution in [0.3, 0.4) is 0 Å². The number of nitrogens with two attached hydrogens (primary N) is 1. The maximum atomic E-state index is 12.1. The van der Waals surface area contributed by atoms with Crippen molar-refractivity contribution in [3.05, 3.63) is 72.3 Å². The van der Waals surface area contributed by atoms with Crippen LogP contribution in [-0.2, 0) is 20.2 Å². The van der Waals surface area contributed by atoms with E-state index in [1.54, 1.807) is 54.6 Å². The van der Waals surface area contributed by atoms with E-state index >= 15 is 0 Å². The van der Waals surface area contributed by atoms with E-state index in [9.17, 15) is 31.0 Å². The zero-order chi connectivity index (χ0) is 27.0. The highest BCUT2D eigenvalue weighted by Crippen LogP contribution is 2.48. The first-order chi connectivity index (χ1) is 17.4. The van der Waals surface area contributed by atoms with Gasteiger partial charge in [0.15, 0.2) is 5.75 Å². The van der Waals surface area contributed by atoms with Crippen LogP contribution in [0, 0.1) is 6.92 Å². The molecule has 0 aromatic heterocycles. The van der Waals surface area contributed by atoms with E-state index in [1.165, 1.54) is 0 Å². The smallest absolute Gasteiger partial charge is 0.296 e. The minimum atomic E-state index is -4.98. The molecule has 0 spiro atoms. The summed E-state index contributed by atoms with van der Waals surface area (Å²) in [7, 11) is -9.93. The van der Waals surface area contributed by atoms with Gasteiger partial charge in [-0.05, 0) is 48.7 Å². The molecule has 0 amide bonds. The summed E-state index contributed by atoms with van der Waals surface area (Å²) < 4.78 is 68.0. The van der Waals surface area contributed by atoms with Gasteiger partial charge in [-0.1, -0.05) is 35.9 Å². The zero-order valence-electron chi connectivity index (χ0n) is 19.0. The minimum absolute atomic E-state index is 0.247. The molecule has 190 valence electrons. The van der Waals surface area contributed by atoms with Crippen LogP contribution in [0.2, 0.25) is 0 Å². The summed E-state index contributed by atoms with van der Waals surface area (Å²) in [5.41, 5.74) is 6.15. The molecular weight excluding hydrogens is 522 g/mol. The van der Waals surface area contributed by atoms with Crippen molar-refractivity contribution in [3.63, 3.8) is 0 Å². The number of anilines is 1. The molecule has 4 aromatic carbocycles. The summed E-state index contributed by atoms with van der Waals surface area (Å²) in [4.78, 5) is -1.67. The van der Waals surface area contributed by atoms with Crippen LogP contribution in [0.15, 0.2) is 97.0 Å². The summed E-state index contributed by atoms with van der Waals surface area (Å²) in [6, 6.07) is 16.6. The molecule has 0 fully saturated rings. The van der Waals surface area contributed by atoms with Gasteiger partial charge in [0, 0.05) is 0 Å². The summed E-state index contributed by atoms with van der Waals surface area (Å²) in [6.07, 6.45) is 0. The summed E-state index contributed by atoms with van der Waals surface area (Å²) in [5.74, 6) is -0.823. The number of nitrogen functional groups attached to an aromatic ring is 1. The molecule has 0 radical (unpaired) electrons. The first-order valence-electron chi connectivity index (χ1n) is 10.4. The van der Waals surface area contributed by atoms with Gasteiger partial charge in [-0.25, -0.2) is 0 Å². The van der Waals surface area contributed by atoms with Gasteiger partial charge in [-0.3, -0.25) is 9.11 Å².